The maximum atomic E-state index is 13.2. The molecule has 0 unspecified atom stereocenters. The Bertz CT molecular complexity index is 837. The highest BCUT2D eigenvalue weighted by Crippen LogP contribution is 2.20. The van der Waals surface area contributed by atoms with Crippen LogP contribution in [0.2, 0.25) is 0 Å². The average molecular weight is 399 g/mol. The van der Waals surface area contributed by atoms with Crippen LogP contribution in [0.15, 0.2) is 30.5 Å². The molecule has 0 radical (unpaired) electrons. The van der Waals surface area contributed by atoms with Gasteiger partial charge in [-0.25, -0.2) is 4.79 Å². The van der Waals surface area contributed by atoms with E-state index in [9.17, 15) is 9.59 Å². The highest BCUT2D eigenvalue weighted by molar-refractivity contribution is 5.89. The van der Waals surface area contributed by atoms with Gasteiger partial charge in [-0.1, -0.05) is 37.5 Å². The van der Waals surface area contributed by atoms with Crippen LogP contribution in [-0.2, 0) is 16.0 Å². The number of benzene rings is 1. The number of para-hydroxylation sites is 1. The van der Waals surface area contributed by atoms with Gasteiger partial charge < -0.3 is 25.3 Å². The summed E-state index contributed by atoms with van der Waals surface area (Å²) in [5, 5.41) is 7.12. The van der Waals surface area contributed by atoms with Crippen LogP contribution in [0.5, 0.6) is 0 Å². The Morgan fingerprint density at radius 1 is 1.14 bits per heavy atom. The van der Waals surface area contributed by atoms with E-state index < -0.39 is 6.04 Å². The van der Waals surface area contributed by atoms with Crippen LogP contribution < -0.4 is 10.6 Å². The Hall–Kier alpha value is -2.54. The number of rotatable bonds is 5. The van der Waals surface area contributed by atoms with Crippen molar-refractivity contribution in [3.63, 3.8) is 0 Å². The predicted octanol–water partition coefficient (Wildman–Crippen LogP) is 2.57. The molecule has 1 aromatic carbocycles. The number of nitrogens with zero attached hydrogens (tertiary/aromatic N) is 1. The fraction of sp³-hybridized carbons (Fsp3) is 0.545. The summed E-state index contributed by atoms with van der Waals surface area (Å²) in [6.45, 7) is 2.21. The Balaban J connectivity index is 1.48. The molecule has 1 aliphatic carbocycles. The van der Waals surface area contributed by atoms with E-state index in [0.29, 0.717) is 32.7 Å². The number of carbonyl (C=O) groups is 2. The van der Waals surface area contributed by atoms with E-state index >= 15 is 0 Å². The summed E-state index contributed by atoms with van der Waals surface area (Å²) in [5.41, 5.74) is 2.07. The summed E-state index contributed by atoms with van der Waals surface area (Å²) in [6, 6.07) is 7.38. The lowest BCUT2D eigenvalue weighted by Gasteiger charge is -2.31. The van der Waals surface area contributed by atoms with Crippen LogP contribution in [0.4, 0.5) is 4.79 Å². The normalized spacial score (nSPS) is 19.1. The van der Waals surface area contributed by atoms with E-state index in [4.69, 9.17) is 4.74 Å². The number of carbonyl (C=O) groups excluding carboxylic acids is 2. The fourth-order valence-electron chi connectivity index (χ4n) is 4.36. The van der Waals surface area contributed by atoms with E-state index in [1.807, 2.05) is 30.5 Å². The number of amides is 3. The van der Waals surface area contributed by atoms with E-state index in [-0.39, 0.29) is 18.0 Å². The zero-order valence-electron chi connectivity index (χ0n) is 16.8. The van der Waals surface area contributed by atoms with Gasteiger partial charge in [-0.05, 0) is 24.5 Å². The molecule has 156 valence electrons. The van der Waals surface area contributed by atoms with Gasteiger partial charge in [0.15, 0.2) is 0 Å². The number of ether oxygens (including phenoxy) is 1. The monoisotopic (exact) mass is 398 g/mol. The third-order valence-corrected chi connectivity index (χ3v) is 5.97. The second-order valence-electron chi connectivity index (χ2n) is 8.01. The van der Waals surface area contributed by atoms with Gasteiger partial charge in [-0.2, -0.15) is 0 Å². The molecule has 1 saturated carbocycles. The van der Waals surface area contributed by atoms with Crippen LogP contribution >= 0.6 is 0 Å². The van der Waals surface area contributed by atoms with Crippen molar-refractivity contribution < 1.29 is 14.3 Å². The van der Waals surface area contributed by atoms with Crippen molar-refractivity contribution in [3.05, 3.63) is 36.0 Å². The van der Waals surface area contributed by atoms with Gasteiger partial charge in [-0.3, -0.25) is 4.79 Å². The standard InChI is InChI=1S/C22H30N4O3/c27-21(26-10-12-29-13-11-26)20(25-22(28)24-17-6-2-1-3-7-17)14-16-15-23-19-9-5-4-8-18(16)19/h4-5,8-9,15,17,20,23H,1-3,6-7,10-14H2,(H2,24,25,28)/t20-/m0/s1. The second-order valence-corrected chi connectivity index (χ2v) is 8.01. The molecule has 1 saturated heterocycles. The maximum Gasteiger partial charge on any atom is 0.315 e. The zero-order valence-corrected chi connectivity index (χ0v) is 16.8. The number of aromatic nitrogens is 1. The molecule has 2 heterocycles. The van der Waals surface area contributed by atoms with Crippen LogP contribution in [-0.4, -0.2) is 60.2 Å². The van der Waals surface area contributed by atoms with Gasteiger partial charge in [0.2, 0.25) is 5.91 Å². The first-order valence-corrected chi connectivity index (χ1v) is 10.7. The number of aromatic amines is 1. The van der Waals surface area contributed by atoms with Crippen molar-refractivity contribution in [2.75, 3.05) is 26.3 Å². The summed E-state index contributed by atoms with van der Waals surface area (Å²) in [7, 11) is 0. The Labute approximate surface area is 171 Å². The molecule has 2 fully saturated rings. The third kappa shape index (κ3) is 4.90. The number of urea groups is 1. The number of H-pyrrole nitrogens is 1. The van der Waals surface area contributed by atoms with Crippen molar-refractivity contribution >= 4 is 22.8 Å². The molecule has 1 aromatic heterocycles. The van der Waals surface area contributed by atoms with E-state index in [0.717, 1.165) is 42.1 Å². The molecule has 3 N–H and O–H groups in total. The van der Waals surface area contributed by atoms with E-state index in [1.54, 1.807) is 4.90 Å². The van der Waals surface area contributed by atoms with Gasteiger partial charge in [0.25, 0.3) is 0 Å². The van der Waals surface area contributed by atoms with Crippen LogP contribution in [0.3, 0.4) is 0 Å². The molecule has 1 aliphatic heterocycles. The minimum absolute atomic E-state index is 0.0441. The van der Waals surface area contributed by atoms with Crippen molar-refractivity contribution in [2.45, 2.75) is 50.6 Å². The first-order valence-electron chi connectivity index (χ1n) is 10.7. The summed E-state index contributed by atoms with van der Waals surface area (Å²) < 4.78 is 5.38. The summed E-state index contributed by atoms with van der Waals surface area (Å²) in [4.78, 5) is 30.9. The molecule has 29 heavy (non-hydrogen) atoms. The van der Waals surface area contributed by atoms with Gasteiger partial charge in [0.1, 0.15) is 6.04 Å². The highest BCUT2D eigenvalue weighted by atomic mass is 16.5. The molecular formula is C22H30N4O3. The molecule has 3 amide bonds. The highest BCUT2D eigenvalue weighted by Gasteiger charge is 2.29. The predicted molar refractivity (Wildman–Crippen MR) is 112 cm³/mol. The quantitative estimate of drug-likeness (QED) is 0.724. The van der Waals surface area contributed by atoms with Gasteiger partial charge in [-0.15, -0.1) is 0 Å². The SMILES string of the molecule is O=C(NC1CCCCC1)N[C@@H](Cc1c[nH]c2ccccc12)C(=O)N1CCOCC1. The van der Waals surface area contributed by atoms with Crippen molar-refractivity contribution in [2.24, 2.45) is 0 Å². The number of hydrogen-bond donors (Lipinski definition) is 3. The Kier molecular flexibility index (Phi) is 6.34. The van der Waals surface area contributed by atoms with Crippen LogP contribution in [0.1, 0.15) is 37.7 Å². The third-order valence-electron chi connectivity index (χ3n) is 5.97. The summed E-state index contributed by atoms with van der Waals surface area (Å²) in [5.74, 6) is -0.0441. The Morgan fingerprint density at radius 2 is 1.90 bits per heavy atom. The average Bonchev–Trinajstić information content (AvgIpc) is 3.17. The molecule has 2 aromatic rings. The van der Waals surface area contributed by atoms with Gasteiger partial charge in [0, 0.05) is 42.7 Å². The van der Waals surface area contributed by atoms with E-state index in [1.165, 1.54) is 6.42 Å². The first-order chi connectivity index (χ1) is 14.2. The Morgan fingerprint density at radius 3 is 2.69 bits per heavy atom. The molecule has 7 heteroatoms. The molecule has 1 atom stereocenters. The summed E-state index contributed by atoms with van der Waals surface area (Å²) >= 11 is 0. The van der Waals surface area contributed by atoms with Crippen LogP contribution in [0.25, 0.3) is 10.9 Å². The zero-order chi connectivity index (χ0) is 20.1. The molecule has 0 bridgehead atoms. The van der Waals surface area contributed by atoms with Gasteiger partial charge in [0.05, 0.1) is 13.2 Å². The van der Waals surface area contributed by atoms with Crippen molar-refractivity contribution in [1.82, 2.24) is 20.5 Å². The second kappa shape index (κ2) is 9.31. The molecule has 2 aliphatic rings. The lowest BCUT2D eigenvalue weighted by atomic mass is 9.96. The van der Waals surface area contributed by atoms with E-state index in [2.05, 4.69) is 15.6 Å². The number of nitrogens with one attached hydrogen (secondary N) is 3. The van der Waals surface area contributed by atoms with Crippen molar-refractivity contribution in [1.29, 1.82) is 0 Å². The molecule has 0 spiro atoms. The summed E-state index contributed by atoms with van der Waals surface area (Å²) in [6.07, 6.45) is 7.95. The molecule has 7 nitrogen and oxygen atoms in total. The minimum atomic E-state index is -0.601. The topological polar surface area (TPSA) is 86.5 Å². The number of fused-ring (bicyclic) bond motifs is 1. The number of morpholine rings is 1. The smallest absolute Gasteiger partial charge is 0.315 e. The fourth-order valence-corrected chi connectivity index (χ4v) is 4.36. The van der Waals surface area contributed by atoms with Crippen molar-refractivity contribution in [3.8, 4) is 0 Å². The van der Waals surface area contributed by atoms with Crippen LogP contribution in [0, 0.1) is 0 Å². The maximum absolute atomic E-state index is 13.2. The molecular weight excluding hydrogens is 368 g/mol. The minimum Gasteiger partial charge on any atom is -0.378 e. The number of hydrogen-bond acceptors (Lipinski definition) is 3. The lowest BCUT2D eigenvalue weighted by Crippen LogP contribution is -2.55. The van der Waals surface area contributed by atoms with Gasteiger partial charge >= 0.3 is 6.03 Å². The first kappa shape index (κ1) is 19.8. The largest absolute Gasteiger partial charge is 0.378 e. The molecule has 4 rings (SSSR count). The lowest BCUT2D eigenvalue weighted by molar-refractivity contribution is -0.137.